The molecule has 11 heteroatoms. The summed E-state index contributed by atoms with van der Waals surface area (Å²) in [5, 5.41) is 2.79. The number of hydrogen-bond acceptors (Lipinski definition) is 7. The zero-order chi connectivity index (χ0) is 20.5. The number of carbonyl (C=O) groups is 2. The van der Waals surface area contributed by atoms with Crippen molar-refractivity contribution in [1.82, 2.24) is 14.3 Å². The molecule has 8 nitrogen and oxygen atoms in total. The van der Waals surface area contributed by atoms with Gasteiger partial charge in [-0.1, -0.05) is 0 Å². The van der Waals surface area contributed by atoms with Gasteiger partial charge >= 0.3 is 6.61 Å². The van der Waals surface area contributed by atoms with Crippen LogP contribution in [0.15, 0.2) is 24.3 Å². The van der Waals surface area contributed by atoms with E-state index in [1.807, 2.05) is 13.8 Å². The Morgan fingerprint density at radius 3 is 2.46 bits per heavy atom. The van der Waals surface area contributed by atoms with E-state index in [2.05, 4.69) is 19.4 Å². The maximum atomic E-state index is 12.2. The van der Waals surface area contributed by atoms with E-state index >= 15 is 0 Å². The molecule has 1 aromatic carbocycles. The van der Waals surface area contributed by atoms with Crippen LogP contribution >= 0.6 is 11.5 Å². The number of carbonyl (C=O) groups excluding carboxylic acids is 2. The fraction of sp³-hybridized carbons (Fsp3) is 0.412. The highest BCUT2D eigenvalue weighted by atomic mass is 32.1. The smallest absolute Gasteiger partial charge is 0.387 e. The highest BCUT2D eigenvalue weighted by Gasteiger charge is 2.13. The second-order valence-corrected chi connectivity index (χ2v) is 6.18. The summed E-state index contributed by atoms with van der Waals surface area (Å²) in [7, 11) is 0. The molecule has 0 unspecified atom stereocenters. The number of halogens is 2. The molecule has 2 amide bonds. The van der Waals surface area contributed by atoms with Crippen LogP contribution in [0.3, 0.4) is 0 Å². The van der Waals surface area contributed by atoms with Crippen LogP contribution in [0, 0.1) is 0 Å². The van der Waals surface area contributed by atoms with Gasteiger partial charge in [0, 0.05) is 30.2 Å². The van der Waals surface area contributed by atoms with Gasteiger partial charge in [-0.3, -0.25) is 14.9 Å². The van der Waals surface area contributed by atoms with Gasteiger partial charge in [-0.25, -0.2) is 0 Å². The minimum Gasteiger partial charge on any atom is -0.435 e. The number of benzene rings is 1. The maximum Gasteiger partial charge on any atom is 0.387 e. The number of alkyl halides is 2. The summed E-state index contributed by atoms with van der Waals surface area (Å²) < 4.78 is 37.8. The monoisotopic (exact) mass is 414 g/mol. The topological polar surface area (TPSA) is 93.7 Å². The molecule has 1 N–H and O–H groups in total. The summed E-state index contributed by atoms with van der Waals surface area (Å²) in [6.45, 7) is 1.52. The summed E-state index contributed by atoms with van der Waals surface area (Å²) in [6, 6.07) is 5.82. The molecule has 2 aromatic rings. The maximum absolute atomic E-state index is 12.2. The number of likely N-dealkylation sites (N-methyl/N-ethyl adjacent to an activating group) is 1. The molecule has 0 fully saturated rings. The van der Waals surface area contributed by atoms with E-state index in [9.17, 15) is 18.4 Å². The molecule has 0 aliphatic carbocycles. The molecule has 0 saturated carbocycles. The SMILES string of the molecule is CCN(CC)C(=O)COCC(=O)Nc1nc(-c2ccc(OC(F)F)cc2)ns1. The minimum atomic E-state index is -2.89. The molecule has 0 atom stereocenters. The molecule has 0 spiro atoms. The van der Waals surface area contributed by atoms with Crippen molar-refractivity contribution in [3.05, 3.63) is 24.3 Å². The number of hydrogen-bond donors (Lipinski definition) is 1. The summed E-state index contributed by atoms with van der Waals surface area (Å²) in [4.78, 5) is 29.4. The van der Waals surface area contributed by atoms with Crippen LogP contribution in [0.25, 0.3) is 11.4 Å². The molecule has 2 rings (SSSR count). The summed E-state index contributed by atoms with van der Waals surface area (Å²) in [6.07, 6.45) is 0. The number of anilines is 1. The lowest BCUT2D eigenvalue weighted by molar-refractivity contribution is -0.137. The van der Waals surface area contributed by atoms with E-state index in [1.54, 1.807) is 4.90 Å². The van der Waals surface area contributed by atoms with Crippen molar-refractivity contribution in [2.45, 2.75) is 20.5 Å². The average Bonchev–Trinajstić information content (AvgIpc) is 3.11. The number of rotatable bonds is 10. The lowest BCUT2D eigenvalue weighted by Gasteiger charge is -2.18. The first-order chi connectivity index (χ1) is 13.4. The van der Waals surface area contributed by atoms with Crippen molar-refractivity contribution in [3.8, 4) is 17.1 Å². The Kier molecular flexibility index (Phi) is 8.20. The molecule has 0 aliphatic rings. The van der Waals surface area contributed by atoms with E-state index in [-0.39, 0.29) is 30.0 Å². The van der Waals surface area contributed by atoms with Gasteiger partial charge in [0.2, 0.25) is 11.0 Å². The van der Waals surface area contributed by atoms with Crippen LogP contribution in [0.1, 0.15) is 13.8 Å². The molecule has 0 radical (unpaired) electrons. The second kappa shape index (κ2) is 10.6. The number of nitrogens with zero attached hydrogens (tertiary/aromatic N) is 3. The predicted octanol–water partition coefficient (Wildman–Crippen LogP) is 2.63. The quantitative estimate of drug-likeness (QED) is 0.642. The van der Waals surface area contributed by atoms with E-state index in [1.165, 1.54) is 24.3 Å². The van der Waals surface area contributed by atoms with E-state index in [4.69, 9.17) is 4.74 Å². The number of ether oxygens (including phenoxy) is 2. The Balaban J connectivity index is 1.83. The van der Waals surface area contributed by atoms with Gasteiger partial charge in [0.15, 0.2) is 5.82 Å². The third-order valence-electron chi connectivity index (χ3n) is 3.58. The summed E-state index contributed by atoms with van der Waals surface area (Å²) in [5.41, 5.74) is 0.583. The first-order valence-corrected chi connectivity index (χ1v) is 9.24. The lowest BCUT2D eigenvalue weighted by atomic mass is 10.2. The Morgan fingerprint density at radius 1 is 1.18 bits per heavy atom. The lowest BCUT2D eigenvalue weighted by Crippen LogP contribution is -2.34. The number of nitrogens with one attached hydrogen (secondary N) is 1. The van der Waals surface area contributed by atoms with Gasteiger partial charge in [-0.05, 0) is 38.1 Å². The largest absolute Gasteiger partial charge is 0.435 e. The zero-order valence-corrected chi connectivity index (χ0v) is 16.2. The van der Waals surface area contributed by atoms with Crippen LogP contribution < -0.4 is 10.1 Å². The molecule has 0 bridgehead atoms. The third-order valence-corrected chi connectivity index (χ3v) is 4.22. The first-order valence-electron chi connectivity index (χ1n) is 8.47. The van der Waals surface area contributed by atoms with Crippen LogP contribution in [0.2, 0.25) is 0 Å². The van der Waals surface area contributed by atoms with Crippen molar-refractivity contribution in [2.24, 2.45) is 0 Å². The highest BCUT2D eigenvalue weighted by molar-refractivity contribution is 7.10. The van der Waals surface area contributed by atoms with Crippen molar-refractivity contribution in [3.63, 3.8) is 0 Å². The van der Waals surface area contributed by atoms with Gasteiger partial charge < -0.3 is 14.4 Å². The summed E-state index contributed by atoms with van der Waals surface area (Å²) >= 11 is 0.964. The van der Waals surface area contributed by atoms with Gasteiger partial charge in [0.1, 0.15) is 19.0 Å². The van der Waals surface area contributed by atoms with Gasteiger partial charge in [0.25, 0.3) is 5.91 Å². The predicted molar refractivity (Wildman–Crippen MR) is 99.4 cm³/mol. The molecular formula is C17H20F2N4O4S. The summed E-state index contributed by atoms with van der Waals surface area (Å²) in [5.74, 6) is -0.286. The average molecular weight is 414 g/mol. The normalized spacial score (nSPS) is 10.8. The Bertz CT molecular complexity index is 782. The molecule has 1 aromatic heterocycles. The van der Waals surface area contributed by atoms with Gasteiger partial charge in [-0.15, -0.1) is 0 Å². The van der Waals surface area contributed by atoms with Gasteiger partial charge in [0.05, 0.1) is 0 Å². The van der Waals surface area contributed by atoms with Crippen LogP contribution in [0.4, 0.5) is 13.9 Å². The van der Waals surface area contributed by atoms with E-state index in [0.717, 1.165) is 11.5 Å². The van der Waals surface area contributed by atoms with Crippen molar-refractivity contribution >= 4 is 28.5 Å². The Morgan fingerprint density at radius 2 is 1.86 bits per heavy atom. The number of amides is 2. The second-order valence-electron chi connectivity index (χ2n) is 5.43. The van der Waals surface area contributed by atoms with Gasteiger partial charge in [-0.2, -0.15) is 18.1 Å². The fourth-order valence-electron chi connectivity index (χ4n) is 2.23. The molecule has 1 heterocycles. The van der Waals surface area contributed by atoms with Crippen molar-refractivity contribution < 1.29 is 27.8 Å². The standard InChI is InChI=1S/C17H20F2N4O4S/c1-3-23(4-2)14(25)10-26-9-13(24)20-17-21-15(22-28-17)11-5-7-12(8-6-11)27-16(18)19/h5-8,16H,3-4,9-10H2,1-2H3,(H,20,21,22,24). The van der Waals surface area contributed by atoms with E-state index < -0.39 is 12.5 Å². The Labute approximate surface area is 164 Å². The molecule has 152 valence electrons. The fourth-order valence-corrected chi connectivity index (χ4v) is 2.84. The van der Waals surface area contributed by atoms with Crippen LogP contribution in [0.5, 0.6) is 5.75 Å². The van der Waals surface area contributed by atoms with Crippen LogP contribution in [-0.4, -0.2) is 59.0 Å². The number of aromatic nitrogens is 2. The van der Waals surface area contributed by atoms with E-state index in [0.29, 0.717) is 24.5 Å². The van der Waals surface area contributed by atoms with Crippen molar-refractivity contribution in [1.29, 1.82) is 0 Å². The first kappa shape index (κ1) is 21.6. The van der Waals surface area contributed by atoms with Crippen LogP contribution in [-0.2, 0) is 14.3 Å². The minimum absolute atomic E-state index is 0.0268. The third kappa shape index (κ3) is 6.50. The van der Waals surface area contributed by atoms with Crippen molar-refractivity contribution in [2.75, 3.05) is 31.6 Å². The molecular weight excluding hydrogens is 394 g/mol. The Hall–Kier alpha value is -2.66. The zero-order valence-electron chi connectivity index (χ0n) is 15.4. The highest BCUT2D eigenvalue weighted by Crippen LogP contribution is 2.24. The molecule has 0 saturated heterocycles. The molecule has 0 aliphatic heterocycles. The molecule has 28 heavy (non-hydrogen) atoms.